The maximum Gasteiger partial charge on any atom is 0.511 e. The van der Waals surface area contributed by atoms with E-state index in [0.717, 1.165) is 0 Å². The molecule has 1 amide bonds. The molecule has 11 heteroatoms. The summed E-state index contributed by atoms with van der Waals surface area (Å²) in [7, 11) is 0. The fraction of sp³-hybridized carbons (Fsp3) is 0.316. The van der Waals surface area contributed by atoms with Crippen LogP contribution in [0, 0.1) is 0 Å². The normalized spacial score (nSPS) is 12.8. The predicted molar refractivity (Wildman–Crippen MR) is 110 cm³/mol. The second-order valence-electron chi connectivity index (χ2n) is 6.03. The standard InChI is InChI=1S/C19H24N6O5/c1-4-28-19(27)30-12(3)29-15-8-6-5-7-13(15)24-25-14-9-10-16(22-17(14)21)23-18(26)11(2)20/h5-12H,4,20H2,1-3H3,(H3,21,22,23,26)/b25-24+/t11-,12?/m0/s1. The Morgan fingerprint density at radius 3 is 2.50 bits per heavy atom. The van der Waals surface area contributed by atoms with Crippen molar-refractivity contribution in [2.24, 2.45) is 16.0 Å². The molecule has 0 fully saturated rings. The summed E-state index contributed by atoms with van der Waals surface area (Å²) in [5.74, 6) is 0.271. The van der Waals surface area contributed by atoms with Gasteiger partial charge in [-0.05, 0) is 38.1 Å². The third kappa shape index (κ3) is 6.71. The molecular weight excluding hydrogens is 392 g/mol. The number of nitrogens with zero attached hydrogens (tertiary/aromatic N) is 3. The number of pyridine rings is 1. The van der Waals surface area contributed by atoms with Crippen molar-refractivity contribution in [3.8, 4) is 5.75 Å². The zero-order valence-electron chi connectivity index (χ0n) is 16.9. The molecule has 2 rings (SSSR count). The predicted octanol–water partition coefficient (Wildman–Crippen LogP) is 3.26. The van der Waals surface area contributed by atoms with Gasteiger partial charge in [-0.15, -0.1) is 10.2 Å². The van der Waals surface area contributed by atoms with E-state index in [1.165, 1.54) is 6.07 Å². The summed E-state index contributed by atoms with van der Waals surface area (Å²) in [6, 6.07) is 9.19. The summed E-state index contributed by atoms with van der Waals surface area (Å²) >= 11 is 0. The van der Waals surface area contributed by atoms with Crippen LogP contribution in [0.25, 0.3) is 0 Å². The van der Waals surface area contributed by atoms with Gasteiger partial charge in [0.1, 0.15) is 17.2 Å². The number of anilines is 2. The summed E-state index contributed by atoms with van der Waals surface area (Å²) in [6.45, 7) is 4.96. The van der Waals surface area contributed by atoms with Gasteiger partial charge >= 0.3 is 6.16 Å². The van der Waals surface area contributed by atoms with Crippen LogP contribution in [-0.2, 0) is 14.3 Å². The van der Waals surface area contributed by atoms with Gasteiger partial charge in [-0.3, -0.25) is 4.79 Å². The van der Waals surface area contributed by atoms with E-state index in [4.69, 9.17) is 25.7 Å². The van der Waals surface area contributed by atoms with Crippen LogP contribution < -0.4 is 21.5 Å². The Kier molecular flexibility index (Phi) is 8.06. The number of para-hydroxylation sites is 1. The van der Waals surface area contributed by atoms with Gasteiger partial charge in [0.2, 0.25) is 12.2 Å². The third-order valence-electron chi connectivity index (χ3n) is 3.52. The van der Waals surface area contributed by atoms with E-state index < -0.39 is 18.5 Å². The fourth-order valence-corrected chi connectivity index (χ4v) is 2.10. The number of nitrogen functional groups attached to an aromatic ring is 1. The zero-order chi connectivity index (χ0) is 22.1. The number of ether oxygens (including phenoxy) is 3. The Bertz CT molecular complexity index is 918. The molecular formula is C19H24N6O5. The first-order valence-corrected chi connectivity index (χ1v) is 9.14. The van der Waals surface area contributed by atoms with Crippen LogP contribution in [0.15, 0.2) is 46.6 Å². The number of nitrogens with one attached hydrogen (secondary N) is 1. The fourth-order valence-electron chi connectivity index (χ4n) is 2.10. The highest BCUT2D eigenvalue weighted by atomic mass is 16.8. The lowest BCUT2D eigenvalue weighted by atomic mass is 10.3. The molecule has 2 atom stereocenters. The maximum absolute atomic E-state index is 11.6. The Hall–Kier alpha value is -3.73. The maximum atomic E-state index is 11.6. The van der Waals surface area contributed by atoms with E-state index in [2.05, 4.69) is 20.5 Å². The SMILES string of the molecule is CCOC(=O)OC(C)Oc1ccccc1/N=N/c1ccc(NC(=O)[C@H](C)N)nc1N. The van der Waals surface area contributed by atoms with Gasteiger partial charge in [0.05, 0.1) is 12.6 Å². The molecule has 5 N–H and O–H groups in total. The Labute approximate surface area is 173 Å². The van der Waals surface area contributed by atoms with E-state index in [0.29, 0.717) is 17.1 Å². The third-order valence-corrected chi connectivity index (χ3v) is 3.52. The summed E-state index contributed by atoms with van der Waals surface area (Å²) in [6.07, 6.45) is -1.74. The molecule has 11 nitrogen and oxygen atoms in total. The first kappa shape index (κ1) is 22.6. The Balaban J connectivity index is 2.11. The molecule has 160 valence electrons. The van der Waals surface area contributed by atoms with E-state index in [1.54, 1.807) is 51.1 Å². The largest absolute Gasteiger partial charge is 0.511 e. The van der Waals surface area contributed by atoms with Crippen LogP contribution in [0.1, 0.15) is 20.8 Å². The van der Waals surface area contributed by atoms with Gasteiger partial charge in [0.15, 0.2) is 11.6 Å². The van der Waals surface area contributed by atoms with Crippen LogP contribution >= 0.6 is 0 Å². The first-order chi connectivity index (χ1) is 14.3. The number of hydrogen-bond acceptors (Lipinski definition) is 10. The van der Waals surface area contributed by atoms with Crippen molar-refractivity contribution in [2.75, 3.05) is 17.7 Å². The number of azo groups is 1. The molecule has 0 spiro atoms. The van der Waals surface area contributed by atoms with E-state index in [-0.39, 0.29) is 24.1 Å². The molecule has 0 saturated carbocycles. The number of carbonyl (C=O) groups excluding carboxylic acids is 2. The zero-order valence-corrected chi connectivity index (χ0v) is 16.9. The second kappa shape index (κ2) is 10.7. The molecule has 1 aromatic carbocycles. The van der Waals surface area contributed by atoms with E-state index in [9.17, 15) is 9.59 Å². The number of carbonyl (C=O) groups is 2. The number of hydrogen-bond donors (Lipinski definition) is 3. The molecule has 0 radical (unpaired) electrons. The summed E-state index contributed by atoms with van der Waals surface area (Å²) in [5.41, 5.74) is 12.1. The topological polar surface area (TPSA) is 164 Å². The molecule has 30 heavy (non-hydrogen) atoms. The quantitative estimate of drug-likeness (QED) is 0.335. The lowest BCUT2D eigenvalue weighted by Crippen LogP contribution is -2.32. The van der Waals surface area contributed by atoms with Crippen molar-refractivity contribution in [1.29, 1.82) is 0 Å². The number of nitrogens with two attached hydrogens (primary N) is 2. The number of aromatic nitrogens is 1. The number of benzene rings is 1. The van der Waals surface area contributed by atoms with Crippen molar-refractivity contribution in [2.45, 2.75) is 33.1 Å². The van der Waals surface area contributed by atoms with Gasteiger partial charge in [-0.25, -0.2) is 9.78 Å². The van der Waals surface area contributed by atoms with Crippen LogP contribution in [-0.4, -0.2) is 36.0 Å². The van der Waals surface area contributed by atoms with Gasteiger partial charge in [-0.1, -0.05) is 12.1 Å². The first-order valence-electron chi connectivity index (χ1n) is 9.14. The van der Waals surface area contributed by atoms with Crippen molar-refractivity contribution in [1.82, 2.24) is 4.98 Å². The minimum atomic E-state index is -0.903. The van der Waals surface area contributed by atoms with Gasteiger partial charge in [-0.2, -0.15) is 0 Å². The minimum absolute atomic E-state index is 0.0682. The molecule has 0 aliphatic carbocycles. The molecule has 0 aliphatic heterocycles. The van der Waals surface area contributed by atoms with Gasteiger partial charge in [0, 0.05) is 6.92 Å². The summed E-state index contributed by atoms with van der Waals surface area (Å²) in [4.78, 5) is 27.1. The van der Waals surface area contributed by atoms with Crippen molar-refractivity contribution < 1.29 is 23.8 Å². The van der Waals surface area contributed by atoms with Crippen molar-refractivity contribution >= 4 is 35.1 Å². The molecule has 1 unspecified atom stereocenters. The highest BCUT2D eigenvalue weighted by Crippen LogP contribution is 2.31. The van der Waals surface area contributed by atoms with Crippen LogP contribution in [0.3, 0.4) is 0 Å². The number of rotatable bonds is 8. The number of amides is 1. The lowest BCUT2D eigenvalue weighted by molar-refractivity contribution is -0.117. The molecule has 0 aliphatic rings. The molecule has 0 saturated heterocycles. The molecule has 0 bridgehead atoms. The Morgan fingerprint density at radius 2 is 1.83 bits per heavy atom. The van der Waals surface area contributed by atoms with Crippen molar-refractivity contribution in [3.05, 3.63) is 36.4 Å². The van der Waals surface area contributed by atoms with Crippen molar-refractivity contribution in [3.63, 3.8) is 0 Å². The average Bonchev–Trinajstić information content (AvgIpc) is 2.68. The summed E-state index contributed by atoms with van der Waals surface area (Å²) < 4.78 is 15.3. The second-order valence-corrected chi connectivity index (χ2v) is 6.03. The van der Waals surface area contributed by atoms with Gasteiger partial charge < -0.3 is 31.0 Å². The van der Waals surface area contributed by atoms with Gasteiger partial charge in [0.25, 0.3) is 0 Å². The highest BCUT2D eigenvalue weighted by molar-refractivity contribution is 5.93. The van der Waals surface area contributed by atoms with E-state index in [1.807, 2.05) is 0 Å². The smallest absolute Gasteiger partial charge is 0.453 e. The van der Waals surface area contributed by atoms with E-state index >= 15 is 0 Å². The Morgan fingerprint density at radius 1 is 1.13 bits per heavy atom. The summed E-state index contributed by atoms with van der Waals surface area (Å²) in [5, 5.41) is 10.7. The average molecular weight is 416 g/mol. The highest BCUT2D eigenvalue weighted by Gasteiger charge is 2.14. The monoisotopic (exact) mass is 416 g/mol. The minimum Gasteiger partial charge on any atom is -0.453 e. The molecule has 2 aromatic rings. The van der Waals surface area contributed by atoms with Crippen LogP contribution in [0.4, 0.5) is 27.8 Å². The molecule has 1 aromatic heterocycles. The molecule has 1 heterocycles. The van der Waals surface area contributed by atoms with Crippen LogP contribution in [0.5, 0.6) is 5.75 Å². The lowest BCUT2D eigenvalue weighted by Gasteiger charge is -2.15. The van der Waals surface area contributed by atoms with Crippen LogP contribution in [0.2, 0.25) is 0 Å².